The van der Waals surface area contributed by atoms with Crippen molar-refractivity contribution in [3.8, 4) is 44.5 Å². The molecule has 51 heavy (non-hydrogen) atoms. The van der Waals surface area contributed by atoms with Crippen molar-refractivity contribution < 1.29 is 0 Å². The number of fused-ring (bicyclic) bond motifs is 5. The van der Waals surface area contributed by atoms with E-state index in [9.17, 15) is 0 Å². The molecule has 0 bridgehead atoms. The molecule has 0 spiro atoms. The van der Waals surface area contributed by atoms with E-state index in [0.717, 1.165) is 17.1 Å². The lowest BCUT2D eigenvalue weighted by Gasteiger charge is -2.28. The Bertz CT molecular complexity index is 2430. The zero-order valence-electron chi connectivity index (χ0n) is 29.3. The van der Waals surface area contributed by atoms with Gasteiger partial charge in [0.2, 0.25) is 0 Å². The van der Waals surface area contributed by atoms with Gasteiger partial charge in [-0.3, -0.25) is 0 Å². The molecule has 244 valence electrons. The summed E-state index contributed by atoms with van der Waals surface area (Å²) in [6.45, 7) is 6.96. The van der Waals surface area contributed by atoms with Crippen LogP contribution in [0.2, 0.25) is 0 Å². The van der Waals surface area contributed by atoms with Gasteiger partial charge in [0.05, 0.1) is 0 Å². The maximum Gasteiger partial charge on any atom is 0.0465 e. The summed E-state index contributed by atoms with van der Waals surface area (Å²) in [6.07, 6.45) is 0. The van der Waals surface area contributed by atoms with E-state index >= 15 is 0 Å². The third kappa shape index (κ3) is 5.34. The van der Waals surface area contributed by atoms with E-state index in [4.69, 9.17) is 0 Å². The summed E-state index contributed by atoms with van der Waals surface area (Å²) in [5.74, 6) is 0. The molecule has 0 N–H and O–H groups in total. The predicted octanol–water partition coefficient (Wildman–Crippen LogP) is 13.9. The van der Waals surface area contributed by atoms with Gasteiger partial charge < -0.3 is 4.90 Å². The first kappa shape index (κ1) is 30.8. The first-order valence-corrected chi connectivity index (χ1v) is 17.8. The first-order chi connectivity index (χ1) is 25.0. The van der Waals surface area contributed by atoms with Crippen LogP contribution in [-0.4, -0.2) is 0 Å². The standard InChI is InChI=1S/C50H39N/c1-34-18-20-39(21-19-34)46-32-40-16-10-11-17-44(40)49-48(46)45-31-30-43(33-47(45)50(49,2)3)51(41-26-22-37(23-27-41)35-12-6-4-7-13-35)42-28-24-38(25-29-42)36-14-8-5-9-15-36/h4-33H,1-3H3. The molecule has 1 nitrogen and oxygen atoms in total. The van der Waals surface area contributed by atoms with Crippen LogP contribution in [0.25, 0.3) is 55.3 Å². The monoisotopic (exact) mass is 653 g/mol. The number of hydrogen-bond donors (Lipinski definition) is 0. The van der Waals surface area contributed by atoms with Crippen LogP contribution < -0.4 is 4.90 Å². The van der Waals surface area contributed by atoms with Gasteiger partial charge in [-0.2, -0.15) is 0 Å². The summed E-state index contributed by atoms with van der Waals surface area (Å²) in [5.41, 5.74) is 17.3. The minimum absolute atomic E-state index is 0.207. The summed E-state index contributed by atoms with van der Waals surface area (Å²) >= 11 is 0. The van der Waals surface area contributed by atoms with E-state index in [1.165, 1.54) is 72.0 Å². The molecule has 0 saturated heterocycles. The molecular formula is C50H39N. The van der Waals surface area contributed by atoms with Crippen molar-refractivity contribution in [2.45, 2.75) is 26.2 Å². The van der Waals surface area contributed by atoms with Crippen LogP contribution in [0.1, 0.15) is 30.5 Å². The topological polar surface area (TPSA) is 3.24 Å². The Morgan fingerprint density at radius 2 is 0.902 bits per heavy atom. The van der Waals surface area contributed by atoms with Crippen LogP contribution in [0.15, 0.2) is 182 Å². The van der Waals surface area contributed by atoms with Crippen LogP contribution in [0.3, 0.4) is 0 Å². The SMILES string of the molecule is Cc1ccc(-c2cc3ccccc3c3c2-c2ccc(N(c4ccc(-c5ccccc5)cc4)c4ccc(-c5ccccc5)cc4)cc2C3(C)C)cc1. The van der Waals surface area contributed by atoms with E-state index in [2.05, 4.69) is 208 Å². The van der Waals surface area contributed by atoms with E-state index in [1.54, 1.807) is 0 Å². The van der Waals surface area contributed by atoms with Gasteiger partial charge in [-0.1, -0.05) is 159 Å². The van der Waals surface area contributed by atoms with Crippen molar-refractivity contribution in [2.24, 2.45) is 0 Å². The van der Waals surface area contributed by atoms with Crippen LogP contribution in [-0.2, 0) is 5.41 Å². The molecule has 0 atom stereocenters. The van der Waals surface area contributed by atoms with Gasteiger partial charge >= 0.3 is 0 Å². The maximum atomic E-state index is 2.44. The quantitative estimate of drug-likeness (QED) is 0.173. The summed E-state index contributed by atoms with van der Waals surface area (Å²) in [5, 5.41) is 2.61. The fourth-order valence-corrected chi connectivity index (χ4v) is 8.09. The van der Waals surface area contributed by atoms with Gasteiger partial charge in [-0.05, 0) is 116 Å². The van der Waals surface area contributed by atoms with Crippen LogP contribution >= 0.6 is 0 Å². The molecule has 9 rings (SSSR count). The number of rotatable bonds is 6. The van der Waals surface area contributed by atoms with Gasteiger partial charge in [0.15, 0.2) is 0 Å². The lowest BCUT2D eigenvalue weighted by atomic mass is 9.79. The highest BCUT2D eigenvalue weighted by Crippen LogP contribution is 2.56. The van der Waals surface area contributed by atoms with Gasteiger partial charge in [0, 0.05) is 22.5 Å². The number of benzene rings is 8. The van der Waals surface area contributed by atoms with Gasteiger partial charge in [0.1, 0.15) is 0 Å². The van der Waals surface area contributed by atoms with Crippen molar-refractivity contribution >= 4 is 27.8 Å². The zero-order chi connectivity index (χ0) is 34.5. The third-order valence-corrected chi connectivity index (χ3v) is 10.7. The highest BCUT2D eigenvalue weighted by atomic mass is 15.1. The lowest BCUT2D eigenvalue weighted by Crippen LogP contribution is -2.17. The number of hydrogen-bond acceptors (Lipinski definition) is 1. The largest absolute Gasteiger partial charge is 0.310 e. The molecule has 8 aromatic rings. The Morgan fingerprint density at radius 1 is 0.412 bits per heavy atom. The Kier molecular flexibility index (Phi) is 7.44. The molecule has 0 amide bonds. The molecular weight excluding hydrogens is 615 g/mol. The number of nitrogens with zero attached hydrogens (tertiary/aromatic N) is 1. The normalized spacial score (nSPS) is 12.8. The second-order valence-corrected chi connectivity index (χ2v) is 14.3. The van der Waals surface area contributed by atoms with Gasteiger partial charge in [0.25, 0.3) is 0 Å². The molecule has 1 aliphatic carbocycles. The molecule has 0 saturated carbocycles. The molecule has 1 aliphatic rings. The van der Waals surface area contributed by atoms with Crippen molar-refractivity contribution in [3.63, 3.8) is 0 Å². The molecule has 0 fully saturated rings. The summed E-state index contributed by atoms with van der Waals surface area (Å²) in [4.78, 5) is 2.40. The second kappa shape index (κ2) is 12.3. The number of anilines is 3. The molecule has 0 heterocycles. The summed E-state index contributed by atoms with van der Waals surface area (Å²) in [7, 11) is 0. The highest BCUT2D eigenvalue weighted by Gasteiger charge is 2.39. The molecule has 0 aromatic heterocycles. The molecule has 8 aromatic carbocycles. The Labute approximate surface area is 301 Å². The smallest absolute Gasteiger partial charge is 0.0465 e. The van der Waals surface area contributed by atoms with Gasteiger partial charge in [-0.15, -0.1) is 0 Å². The first-order valence-electron chi connectivity index (χ1n) is 17.8. The van der Waals surface area contributed by atoms with Crippen LogP contribution in [0.4, 0.5) is 17.1 Å². The Hall–Kier alpha value is -6.18. The van der Waals surface area contributed by atoms with Crippen LogP contribution in [0, 0.1) is 6.92 Å². The molecule has 1 heteroatoms. The predicted molar refractivity (Wildman–Crippen MR) is 217 cm³/mol. The average molecular weight is 654 g/mol. The maximum absolute atomic E-state index is 2.44. The van der Waals surface area contributed by atoms with Crippen molar-refractivity contribution in [1.82, 2.24) is 0 Å². The summed E-state index contributed by atoms with van der Waals surface area (Å²) < 4.78 is 0. The van der Waals surface area contributed by atoms with Crippen LogP contribution in [0.5, 0.6) is 0 Å². The van der Waals surface area contributed by atoms with Crippen molar-refractivity contribution in [1.29, 1.82) is 0 Å². The molecule has 0 aliphatic heterocycles. The fraction of sp³-hybridized carbons (Fsp3) is 0.0800. The van der Waals surface area contributed by atoms with E-state index in [1.807, 2.05) is 0 Å². The molecule has 0 radical (unpaired) electrons. The van der Waals surface area contributed by atoms with Crippen molar-refractivity contribution in [2.75, 3.05) is 4.90 Å². The zero-order valence-corrected chi connectivity index (χ0v) is 29.3. The summed E-state index contributed by atoms with van der Waals surface area (Å²) in [6, 6.07) is 66.6. The molecule has 0 unspecified atom stereocenters. The van der Waals surface area contributed by atoms with E-state index < -0.39 is 0 Å². The highest BCUT2D eigenvalue weighted by molar-refractivity contribution is 6.05. The minimum Gasteiger partial charge on any atom is -0.310 e. The van der Waals surface area contributed by atoms with E-state index in [-0.39, 0.29) is 5.41 Å². The second-order valence-electron chi connectivity index (χ2n) is 14.3. The lowest BCUT2D eigenvalue weighted by molar-refractivity contribution is 0.666. The number of aryl methyl sites for hydroxylation is 1. The fourth-order valence-electron chi connectivity index (χ4n) is 8.09. The van der Waals surface area contributed by atoms with Gasteiger partial charge in [-0.25, -0.2) is 0 Å². The van der Waals surface area contributed by atoms with Crippen molar-refractivity contribution in [3.05, 3.63) is 199 Å². The Morgan fingerprint density at radius 3 is 1.49 bits per heavy atom. The third-order valence-electron chi connectivity index (χ3n) is 10.7. The average Bonchev–Trinajstić information content (AvgIpc) is 3.42. The van der Waals surface area contributed by atoms with E-state index in [0.29, 0.717) is 0 Å². The Balaban J connectivity index is 1.21. The minimum atomic E-state index is -0.207.